The molecule has 25 heavy (non-hydrogen) atoms. The maximum atomic E-state index is 6.54. The lowest BCUT2D eigenvalue weighted by molar-refractivity contribution is -0.187. The van der Waals surface area contributed by atoms with Crippen LogP contribution in [0.15, 0.2) is 4.47 Å². The van der Waals surface area contributed by atoms with Gasteiger partial charge in [0.25, 0.3) is 0 Å². The number of likely N-dealkylation sites (tertiary alicyclic amines) is 1. The molecule has 5 heteroatoms. The summed E-state index contributed by atoms with van der Waals surface area (Å²) in [5.41, 5.74) is 5.09. The fraction of sp³-hybridized carbons (Fsp3) is 0.700. The largest absolute Gasteiger partial charge is 0.485 e. The Labute approximate surface area is 158 Å². The molecule has 4 nitrogen and oxygen atoms in total. The average molecular weight is 410 g/mol. The van der Waals surface area contributed by atoms with Crippen molar-refractivity contribution in [3.63, 3.8) is 0 Å². The smallest absolute Gasteiger partial charge is 0.170 e. The third kappa shape index (κ3) is 3.03. The van der Waals surface area contributed by atoms with Crippen molar-refractivity contribution >= 4 is 15.9 Å². The van der Waals surface area contributed by atoms with Gasteiger partial charge in [-0.1, -0.05) is 15.9 Å². The van der Waals surface area contributed by atoms with Gasteiger partial charge in [0.2, 0.25) is 0 Å². The number of benzene rings is 1. The molecular formula is C20H28BrNO3. The Morgan fingerprint density at radius 1 is 1.00 bits per heavy atom. The fourth-order valence-electron chi connectivity index (χ4n) is 4.55. The summed E-state index contributed by atoms with van der Waals surface area (Å²) in [7, 11) is 0. The maximum absolute atomic E-state index is 6.54. The minimum atomic E-state index is -0.300. The zero-order valence-corrected chi connectivity index (χ0v) is 17.3. The predicted molar refractivity (Wildman–Crippen MR) is 101 cm³/mol. The summed E-state index contributed by atoms with van der Waals surface area (Å²) in [4.78, 5) is 2.51. The van der Waals surface area contributed by atoms with E-state index in [4.69, 9.17) is 14.2 Å². The third-order valence-corrected chi connectivity index (χ3v) is 7.37. The summed E-state index contributed by atoms with van der Waals surface area (Å²) in [5, 5.41) is 0. The quantitative estimate of drug-likeness (QED) is 0.740. The zero-order chi connectivity index (χ0) is 17.8. The van der Waals surface area contributed by atoms with Crippen LogP contribution in [0, 0.1) is 20.8 Å². The molecule has 2 fully saturated rings. The highest BCUT2D eigenvalue weighted by Gasteiger charge is 2.43. The van der Waals surface area contributed by atoms with Crippen LogP contribution in [0.1, 0.15) is 42.0 Å². The molecule has 1 aromatic rings. The Bertz CT molecular complexity index is 650. The molecule has 1 atom stereocenters. The van der Waals surface area contributed by atoms with E-state index >= 15 is 0 Å². The van der Waals surface area contributed by atoms with Crippen molar-refractivity contribution in [2.75, 3.05) is 32.8 Å². The van der Waals surface area contributed by atoms with E-state index in [1.807, 2.05) is 0 Å². The monoisotopic (exact) mass is 409 g/mol. The predicted octanol–water partition coefficient (Wildman–Crippen LogP) is 3.91. The standard InChI is InChI=1S/C20H28BrNO3/c1-13-14(2)18-16(15(3)17(13)21)11-19(4,25-18)12-22-7-5-20(6-8-22)23-9-10-24-20/h5-12H2,1-4H3. The highest BCUT2D eigenvalue weighted by atomic mass is 79.9. The van der Waals surface area contributed by atoms with Crippen LogP contribution in [0.4, 0.5) is 0 Å². The third-order valence-electron chi connectivity index (χ3n) is 6.18. The Hall–Kier alpha value is -0.620. The zero-order valence-electron chi connectivity index (χ0n) is 15.7. The molecule has 0 saturated carbocycles. The minimum absolute atomic E-state index is 0.160. The number of halogens is 1. The first-order valence-electron chi connectivity index (χ1n) is 9.30. The normalized spacial score (nSPS) is 28.4. The second-order valence-corrected chi connectivity index (χ2v) is 8.90. The van der Waals surface area contributed by atoms with E-state index in [1.54, 1.807) is 0 Å². The summed E-state index contributed by atoms with van der Waals surface area (Å²) in [6, 6.07) is 0. The molecule has 3 aliphatic rings. The molecule has 1 aromatic carbocycles. The Morgan fingerprint density at radius 2 is 1.64 bits per heavy atom. The maximum Gasteiger partial charge on any atom is 0.170 e. The van der Waals surface area contributed by atoms with Crippen molar-refractivity contribution in [1.29, 1.82) is 0 Å². The Kier molecular flexibility index (Phi) is 4.42. The van der Waals surface area contributed by atoms with Crippen LogP contribution in [0.2, 0.25) is 0 Å². The number of rotatable bonds is 2. The van der Waals surface area contributed by atoms with Gasteiger partial charge < -0.3 is 14.2 Å². The van der Waals surface area contributed by atoms with Crippen LogP contribution in [0.25, 0.3) is 0 Å². The van der Waals surface area contributed by atoms with Gasteiger partial charge >= 0.3 is 0 Å². The number of fused-ring (bicyclic) bond motifs is 1. The molecule has 1 spiro atoms. The minimum Gasteiger partial charge on any atom is -0.485 e. The van der Waals surface area contributed by atoms with Gasteiger partial charge in [-0.3, -0.25) is 4.90 Å². The molecule has 4 rings (SSSR count). The Morgan fingerprint density at radius 3 is 2.28 bits per heavy atom. The molecule has 138 valence electrons. The summed E-state index contributed by atoms with van der Waals surface area (Å²) < 4.78 is 19.5. The highest BCUT2D eigenvalue weighted by Crippen LogP contribution is 2.44. The van der Waals surface area contributed by atoms with Gasteiger partial charge in [0, 0.05) is 48.9 Å². The first kappa shape index (κ1) is 17.8. The second-order valence-electron chi connectivity index (χ2n) is 8.11. The molecular weight excluding hydrogens is 382 g/mol. The molecule has 0 aromatic heterocycles. The highest BCUT2D eigenvalue weighted by molar-refractivity contribution is 9.10. The van der Waals surface area contributed by atoms with Gasteiger partial charge in [-0.2, -0.15) is 0 Å². The molecule has 0 aliphatic carbocycles. The van der Waals surface area contributed by atoms with Crippen molar-refractivity contribution in [3.8, 4) is 5.75 Å². The van der Waals surface area contributed by atoms with Crippen molar-refractivity contribution in [2.45, 2.75) is 58.3 Å². The lowest BCUT2D eigenvalue weighted by Crippen LogP contribution is -2.51. The molecule has 0 radical (unpaired) electrons. The summed E-state index contributed by atoms with van der Waals surface area (Å²) >= 11 is 3.76. The van der Waals surface area contributed by atoms with Crippen LogP contribution < -0.4 is 4.74 Å². The van der Waals surface area contributed by atoms with Gasteiger partial charge in [-0.15, -0.1) is 0 Å². The van der Waals surface area contributed by atoms with E-state index in [2.05, 4.69) is 48.5 Å². The first-order valence-corrected chi connectivity index (χ1v) is 10.1. The molecule has 3 heterocycles. The number of hydrogen-bond acceptors (Lipinski definition) is 4. The number of ether oxygens (including phenoxy) is 3. The topological polar surface area (TPSA) is 30.9 Å². The van der Waals surface area contributed by atoms with Gasteiger partial charge in [-0.05, 0) is 44.4 Å². The lowest BCUT2D eigenvalue weighted by Gasteiger charge is -2.40. The first-order chi connectivity index (χ1) is 11.8. The van der Waals surface area contributed by atoms with Gasteiger partial charge in [-0.25, -0.2) is 0 Å². The van der Waals surface area contributed by atoms with Crippen LogP contribution >= 0.6 is 15.9 Å². The lowest BCUT2D eigenvalue weighted by atomic mass is 9.92. The van der Waals surface area contributed by atoms with Crippen LogP contribution in [0.5, 0.6) is 5.75 Å². The van der Waals surface area contributed by atoms with Crippen LogP contribution in [-0.4, -0.2) is 49.1 Å². The van der Waals surface area contributed by atoms with Gasteiger partial charge in [0.1, 0.15) is 11.4 Å². The Balaban J connectivity index is 1.47. The van der Waals surface area contributed by atoms with Crippen LogP contribution in [-0.2, 0) is 15.9 Å². The summed E-state index contributed by atoms with van der Waals surface area (Å²) in [6.45, 7) is 13.2. The van der Waals surface area contributed by atoms with Crippen molar-refractivity contribution in [3.05, 3.63) is 26.7 Å². The van der Waals surface area contributed by atoms with Crippen molar-refractivity contribution in [2.24, 2.45) is 0 Å². The van der Waals surface area contributed by atoms with E-state index in [1.165, 1.54) is 26.7 Å². The van der Waals surface area contributed by atoms with E-state index in [-0.39, 0.29) is 11.4 Å². The van der Waals surface area contributed by atoms with Crippen LogP contribution in [0.3, 0.4) is 0 Å². The SMILES string of the molecule is Cc1c(C)c2c(c(C)c1Br)CC(C)(CN1CCC3(CC1)OCCO3)O2. The van der Waals surface area contributed by atoms with Crippen molar-refractivity contribution < 1.29 is 14.2 Å². The van der Waals surface area contributed by atoms with E-state index in [9.17, 15) is 0 Å². The van der Waals surface area contributed by atoms with Gasteiger partial charge in [0.05, 0.1) is 13.2 Å². The number of nitrogens with zero attached hydrogens (tertiary/aromatic N) is 1. The summed E-state index contributed by atoms with van der Waals surface area (Å²) in [6.07, 6.45) is 2.89. The second kappa shape index (κ2) is 6.22. The number of piperidine rings is 1. The molecule has 3 aliphatic heterocycles. The van der Waals surface area contributed by atoms with Crippen molar-refractivity contribution in [1.82, 2.24) is 4.90 Å². The van der Waals surface area contributed by atoms with E-state index in [0.29, 0.717) is 0 Å². The average Bonchev–Trinajstić information content (AvgIpc) is 3.19. The van der Waals surface area contributed by atoms with E-state index < -0.39 is 0 Å². The molecule has 0 amide bonds. The molecule has 2 saturated heterocycles. The van der Waals surface area contributed by atoms with Gasteiger partial charge in [0.15, 0.2) is 5.79 Å². The fourth-order valence-corrected chi connectivity index (χ4v) is 5.09. The molecule has 0 N–H and O–H groups in total. The number of hydrogen-bond donors (Lipinski definition) is 0. The molecule has 1 unspecified atom stereocenters. The summed E-state index contributed by atoms with van der Waals surface area (Å²) in [5.74, 6) is 0.808. The van der Waals surface area contributed by atoms with E-state index in [0.717, 1.165) is 57.9 Å². The molecule has 0 bridgehead atoms.